The summed E-state index contributed by atoms with van der Waals surface area (Å²) in [4.78, 5) is 23.7. The highest BCUT2D eigenvalue weighted by Crippen LogP contribution is 2.20. The average Bonchev–Trinajstić information content (AvgIpc) is 2.67. The number of nitrogens with one attached hydrogen (secondary N) is 3. The summed E-state index contributed by atoms with van der Waals surface area (Å²) in [5.74, 6) is 0.224. The van der Waals surface area contributed by atoms with Gasteiger partial charge in [-0.05, 0) is 62.8 Å². The van der Waals surface area contributed by atoms with E-state index >= 15 is 0 Å². The minimum absolute atomic E-state index is 0.176. The van der Waals surface area contributed by atoms with Crippen LogP contribution in [0.4, 0.5) is 5.69 Å². The molecule has 29 heavy (non-hydrogen) atoms. The number of rotatable bonds is 4. The zero-order valence-electron chi connectivity index (χ0n) is 16.2. The molecular formula is C21H21N3O4S. The highest BCUT2D eigenvalue weighted by molar-refractivity contribution is 7.80. The van der Waals surface area contributed by atoms with E-state index in [9.17, 15) is 9.59 Å². The molecule has 3 N–H and O–H groups in total. The van der Waals surface area contributed by atoms with Gasteiger partial charge < -0.3 is 14.5 Å². The van der Waals surface area contributed by atoms with Crippen LogP contribution in [0.1, 0.15) is 18.1 Å². The Morgan fingerprint density at radius 1 is 1.07 bits per heavy atom. The molecule has 0 radical (unpaired) electrons. The number of amides is 1. The van der Waals surface area contributed by atoms with Gasteiger partial charge in [0.15, 0.2) is 11.2 Å². The number of hydrazine groups is 1. The van der Waals surface area contributed by atoms with Crippen molar-refractivity contribution in [3.05, 3.63) is 70.1 Å². The van der Waals surface area contributed by atoms with E-state index in [1.165, 1.54) is 6.07 Å². The van der Waals surface area contributed by atoms with E-state index in [1.807, 2.05) is 32.0 Å². The first-order valence-electron chi connectivity index (χ1n) is 8.96. The SMILES string of the molecule is Cc1ccc(O[C@@H](C)C(=O)NNC(=S)Nc2ccc3c(C)cc(=O)oc3c2)cc1. The molecule has 0 aliphatic heterocycles. The Kier molecular flexibility index (Phi) is 6.13. The van der Waals surface area contributed by atoms with Crippen molar-refractivity contribution in [3.8, 4) is 5.75 Å². The second-order valence-electron chi connectivity index (χ2n) is 6.60. The fourth-order valence-electron chi connectivity index (χ4n) is 2.66. The Hall–Kier alpha value is -3.39. The van der Waals surface area contributed by atoms with Gasteiger partial charge in [-0.2, -0.15) is 0 Å². The summed E-state index contributed by atoms with van der Waals surface area (Å²) in [5.41, 5.74) is 7.71. The first-order valence-corrected chi connectivity index (χ1v) is 9.37. The normalized spacial score (nSPS) is 11.6. The number of carbonyl (C=O) groups excluding carboxylic acids is 1. The Morgan fingerprint density at radius 2 is 1.79 bits per heavy atom. The summed E-state index contributed by atoms with van der Waals surface area (Å²) in [7, 11) is 0. The van der Waals surface area contributed by atoms with Crippen molar-refractivity contribution in [2.75, 3.05) is 5.32 Å². The molecule has 0 fully saturated rings. The smallest absolute Gasteiger partial charge is 0.336 e. The largest absolute Gasteiger partial charge is 0.481 e. The summed E-state index contributed by atoms with van der Waals surface area (Å²) in [6.45, 7) is 5.46. The first kappa shape index (κ1) is 20.3. The monoisotopic (exact) mass is 411 g/mol. The lowest BCUT2D eigenvalue weighted by Crippen LogP contribution is -2.48. The first-order chi connectivity index (χ1) is 13.8. The number of benzene rings is 2. The Bertz CT molecular complexity index is 1110. The molecule has 3 aromatic rings. The number of fused-ring (bicyclic) bond motifs is 1. The molecule has 1 aromatic heterocycles. The van der Waals surface area contributed by atoms with E-state index in [1.54, 1.807) is 31.2 Å². The molecule has 8 heteroatoms. The molecule has 1 amide bonds. The maximum absolute atomic E-state index is 12.2. The van der Waals surface area contributed by atoms with Crippen LogP contribution < -0.4 is 26.5 Å². The molecule has 2 aromatic carbocycles. The summed E-state index contributed by atoms with van der Waals surface area (Å²) < 4.78 is 10.8. The van der Waals surface area contributed by atoms with Gasteiger partial charge in [0, 0.05) is 23.2 Å². The molecule has 0 saturated carbocycles. The lowest BCUT2D eigenvalue weighted by Gasteiger charge is -2.16. The summed E-state index contributed by atoms with van der Waals surface area (Å²) in [6, 6.07) is 14.2. The van der Waals surface area contributed by atoms with Crippen molar-refractivity contribution in [3.63, 3.8) is 0 Å². The molecule has 0 bridgehead atoms. The molecule has 7 nitrogen and oxygen atoms in total. The lowest BCUT2D eigenvalue weighted by atomic mass is 10.1. The third-order valence-electron chi connectivity index (χ3n) is 4.21. The molecule has 0 unspecified atom stereocenters. The van der Waals surface area contributed by atoms with Crippen LogP contribution in [-0.4, -0.2) is 17.1 Å². The van der Waals surface area contributed by atoms with Crippen LogP contribution in [0.5, 0.6) is 5.75 Å². The van der Waals surface area contributed by atoms with Crippen molar-refractivity contribution >= 4 is 39.9 Å². The number of anilines is 1. The molecule has 150 valence electrons. The molecule has 0 aliphatic carbocycles. The van der Waals surface area contributed by atoms with E-state index in [-0.39, 0.29) is 11.0 Å². The molecule has 0 saturated heterocycles. The number of hydrogen-bond donors (Lipinski definition) is 3. The number of ether oxygens (including phenoxy) is 1. The van der Waals surface area contributed by atoms with Gasteiger partial charge in [0.25, 0.3) is 5.91 Å². The topological polar surface area (TPSA) is 92.6 Å². The molecule has 0 spiro atoms. The second-order valence-corrected chi connectivity index (χ2v) is 7.01. The maximum atomic E-state index is 12.2. The Morgan fingerprint density at radius 3 is 2.52 bits per heavy atom. The van der Waals surface area contributed by atoms with Crippen LogP contribution in [0.2, 0.25) is 0 Å². The number of carbonyl (C=O) groups is 1. The number of aryl methyl sites for hydroxylation is 2. The summed E-state index contributed by atoms with van der Waals surface area (Å²) >= 11 is 5.19. The summed E-state index contributed by atoms with van der Waals surface area (Å²) in [6.07, 6.45) is -0.717. The predicted molar refractivity (Wildman–Crippen MR) is 116 cm³/mol. The summed E-state index contributed by atoms with van der Waals surface area (Å²) in [5, 5.41) is 3.94. The zero-order chi connectivity index (χ0) is 21.0. The standard InChI is InChI=1S/C21H21N3O4S/c1-12-4-7-16(8-5-12)27-14(3)20(26)23-24-21(29)22-15-6-9-17-13(2)10-19(25)28-18(17)11-15/h4-11,14H,1-3H3,(H,23,26)(H2,22,24,29)/t14-/m0/s1. The predicted octanol–water partition coefficient (Wildman–Crippen LogP) is 3.19. The van der Waals surface area contributed by atoms with Crippen molar-refractivity contribution in [1.82, 2.24) is 10.9 Å². The number of hydrogen-bond acceptors (Lipinski definition) is 5. The van der Waals surface area contributed by atoms with Gasteiger partial charge in [-0.1, -0.05) is 17.7 Å². The van der Waals surface area contributed by atoms with Crippen LogP contribution in [0, 0.1) is 13.8 Å². The van der Waals surface area contributed by atoms with Gasteiger partial charge >= 0.3 is 5.63 Å². The van der Waals surface area contributed by atoms with Crippen molar-refractivity contribution in [2.24, 2.45) is 0 Å². The lowest BCUT2D eigenvalue weighted by molar-refractivity contribution is -0.127. The van der Waals surface area contributed by atoms with Gasteiger partial charge in [-0.3, -0.25) is 15.6 Å². The Labute approximate surface area is 173 Å². The maximum Gasteiger partial charge on any atom is 0.336 e. The van der Waals surface area contributed by atoms with Crippen molar-refractivity contribution < 1.29 is 13.9 Å². The minimum atomic E-state index is -0.717. The highest BCUT2D eigenvalue weighted by atomic mass is 32.1. The minimum Gasteiger partial charge on any atom is -0.481 e. The van der Waals surface area contributed by atoms with Gasteiger partial charge in [-0.15, -0.1) is 0 Å². The Balaban J connectivity index is 1.55. The molecule has 1 atom stereocenters. The van der Waals surface area contributed by atoms with Gasteiger partial charge in [0.1, 0.15) is 11.3 Å². The quantitative estimate of drug-likeness (QED) is 0.345. The molecule has 3 rings (SSSR count). The van der Waals surface area contributed by atoms with Crippen molar-refractivity contribution in [1.29, 1.82) is 0 Å². The van der Waals surface area contributed by atoms with Crippen LogP contribution in [0.25, 0.3) is 11.0 Å². The van der Waals surface area contributed by atoms with Crippen LogP contribution >= 0.6 is 12.2 Å². The van der Waals surface area contributed by atoms with Gasteiger partial charge in [0.2, 0.25) is 0 Å². The second kappa shape index (κ2) is 8.74. The third kappa shape index (κ3) is 5.32. The average molecular weight is 411 g/mol. The molecule has 1 heterocycles. The molecule has 0 aliphatic rings. The van der Waals surface area contributed by atoms with E-state index in [4.69, 9.17) is 21.4 Å². The van der Waals surface area contributed by atoms with E-state index in [0.717, 1.165) is 16.5 Å². The zero-order valence-corrected chi connectivity index (χ0v) is 17.1. The molecular weight excluding hydrogens is 390 g/mol. The van der Waals surface area contributed by atoms with Crippen molar-refractivity contribution in [2.45, 2.75) is 26.9 Å². The van der Waals surface area contributed by atoms with Gasteiger partial charge in [-0.25, -0.2) is 4.79 Å². The van der Waals surface area contributed by atoms with E-state index < -0.39 is 11.7 Å². The fourth-order valence-corrected chi connectivity index (χ4v) is 2.83. The van der Waals surface area contributed by atoms with E-state index in [2.05, 4.69) is 16.2 Å². The number of thiocarbonyl (C=S) groups is 1. The van der Waals surface area contributed by atoms with Crippen LogP contribution in [-0.2, 0) is 4.79 Å². The third-order valence-corrected chi connectivity index (χ3v) is 4.42. The fraction of sp³-hybridized carbons (Fsp3) is 0.190. The van der Waals surface area contributed by atoms with Crippen LogP contribution in [0.15, 0.2) is 57.7 Å². The van der Waals surface area contributed by atoms with E-state index in [0.29, 0.717) is 17.0 Å². The highest BCUT2D eigenvalue weighted by Gasteiger charge is 2.15. The van der Waals surface area contributed by atoms with Crippen LogP contribution in [0.3, 0.4) is 0 Å². The van der Waals surface area contributed by atoms with Gasteiger partial charge in [0.05, 0.1) is 0 Å².